The Morgan fingerprint density at radius 1 is 1.06 bits per heavy atom. The summed E-state index contributed by atoms with van der Waals surface area (Å²) < 4.78 is 38.6. The van der Waals surface area contributed by atoms with Crippen molar-refractivity contribution in [3.63, 3.8) is 0 Å². The van der Waals surface area contributed by atoms with Crippen LogP contribution in [0.3, 0.4) is 0 Å². The molecule has 0 radical (unpaired) electrons. The van der Waals surface area contributed by atoms with Gasteiger partial charge in [0.05, 0.1) is 12.1 Å². The molecule has 4 amide bonds. The van der Waals surface area contributed by atoms with Gasteiger partial charge in [-0.05, 0) is 48.1 Å². The summed E-state index contributed by atoms with van der Waals surface area (Å²) in [7, 11) is 0. The van der Waals surface area contributed by atoms with Gasteiger partial charge in [-0.25, -0.2) is 4.79 Å². The lowest BCUT2D eigenvalue weighted by atomic mass is 9.89. The van der Waals surface area contributed by atoms with Gasteiger partial charge in [0.25, 0.3) is 11.8 Å². The van der Waals surface area contributed by atoms with Crippen molar-refractivity contribution in [2.75, 3.05) is 6.54 Å². The average molecular weight is 447 g/mol. The summed E-state index contributed by atoms with van der Waals surface area (Å²) in [5.41, 5.74) is -0.880. The van der Waals surface area contributed by atoms with Crippen molar-refractivity contribution in [1.82, 2.24) is 16.0 Å². The molecule has 2 aromatic rings. The zero-order valence-corrected chi connectivity index (χ0v) is 17.7. The molecular weight excluding hydrogens is 423 g/mol. The fourth-order valence-electron chi connectivity index (χ4n) is 3.55. The molecule has 3 N–H and O–H groups in total. The number of nitrogens with one attached hydrogen (secondary N) is 3. The first-order valence-corrected chi connectivity index (χ1v) is 10.2. The number of imide groups is 1. The molecule has 1 aliphatic heterocycles. The van der Waals surface area contributed by atoms with E-state index < -0.39 is 35.1 Å². The predicted molar refractivity (Wildman–Crippen MR) is 113 cm³/mol. The van der Waals surface area contributed by atoms with Crippen LogP contribution in [0, 0.1) is 5.92 Å². The highest BCUT2D eigenvalue weighted by Gasteiger charge is 2.46. The highest BCUT2D eigenvalue weighted by atomic mass is 19.4. The molecule has 1 unspecified atom stereocenters. The van der Waals surface area contributed by atoms with Crippen molar-refractivity contribution in [1.29, 1.82) is 0 Å². The third-order valence-electron chi connectivity index (χ3n) is 5.41. The average Bonchev–Trinajstić information content (AvgIpc) is 3.03. The van der Waals surface area contributed by atoms with Crippen molar-refractivity contribution in [3.8, 4) is 11.1 Å². The maximum absolute atomic E-state index is 13.0. The molecule has 0 bridgehead atoms. The van der Waals surface area contributed by atoms with Crippen LogP contribution in [0.15, 0.2) is 48.5 Å². The number of carbonyl (C=O) groups is 3. The first-order chi connectivity index (χ1) is 15.0. The summed E-state index contributed by atoms with van der Waals surface area (Å²) in [6, 6.07) is 10.4. The van der Waals surface area contributed by atoms with Crippen LogP contribution in [0.4, 0.5) is 18.0 Å². The molecule has 2 aromatic carbocycles. The molecule has 32 heavy (non-hydrogen) atoms. The van der Waals surface area contributed by atoms with E-state index in [4.69, 9.17) is 0 Å². The predicted octanol–water partition coefficient (Wildman–Crippen LogP) is 4.12. The Labute approximate surface area is 183 Å². The van der Waals surface area contributed by atoms with Crippen LogP contribution >= 0.6 is 0 Å². The number of halogens is 3. The fraction of sp³-hybridized carbons (Fsp3) is 0.348. The van der Waals surface area contributed by atoms with E-state index in [1.54, 1.807) is 24.3 Å². The SMILES string of the molecule is CC(C)CCC1(CNC(=O)c2ccccc2-c2ccc(C(F)(F)F)cc2)NC(=O)NC1=O. The van der Waals surface area contributed by atoms with E-state index in [0.717, 1.165) is 12.1 Å². The van der Waals surface area contributed by atoms with E-state index in [9.17, 15) is 27.6 Å². The molecule has 1 fully saturated rings. The molecule has 1 atom stereocenters. The standard InChI is InChI=1S/C23H24F3N3O3/c1-14(2)11-12-22(20(31)28-21(32)29-22)13-27-19(30)18-6-4-3-5-17(18)15-7-9-16(10-8-15)23(24,25)26/h3-10,14H,11-13H2,1-2H3,(H,27,30)(H2,28,29,31,32). The minimum atomic E-state index is -4.45. The molecular formula is C23H24F3N3O3. The minimum Gasteiger partial charge on any atom is -0.349 e. The summed E-state index contributed by atoms with van der Waals surface area (Å²) in [4.78, 5) is 37.1. The van der Waals surface area contributed by atoms with Crippen LogP contribution in [-0.2, 0) is 11.0 Å². The van der Waals surface area contributed by atoms with Crippen molar-refractivity contribution in [3.05, 3.63) is 59.7 Å². The van der Waals surface area contributed by atoms with Gasteiger partial charge < -0.3 is 10.6 Å². The second-order valence-corrected chi connectivity index (χ2v) is 8.23. The Kier molecular flexibility index (Phi) is 6.57. The molecule has 170 valence electrons. The first-order valence-electron chi connectivity index (χ1n) is 10.2. The molecule has 9 heteroatoms. The molecule has 1 saturated heterocycles. The summed E-state index contributed by atoms with van der Waals surface area (Å²) in [6.45, 7) is 3.86. The van der Waals surface area contributed by atoms with Gasteiger partial charge in [-0.15, -0.1) is 0 Å². The smallest absolute Gasteiger partial charge is 0.349 e. The summed E-state index contributed by atoms with van der Waals surface area (Å²) in [5, 5.41) is 7.55. The van der Waals surface area contributed by atoms with Crippen molar-refractivity contribution in [2.45, 2.75) is 38.4 Å². The molecule has 0 spiro atoms. The normalized spacial score (nSPS) is 18.4. The molecule has 0 saturated carbocycles. The van der Waals surface area contributed by atoms with Crippen LogP contribution < -0.4 is 16.0 Å². The van der Waals surface area contributed by atoms with Crippen LogP contribution in [0.1, 0.15) is 42.6 Å². The number of carbonyl (C=O) groups excluding carboxylic acids is 3. The molecule has 6 nitrogen and oxygen atoms in total. The van der Waals surface area contributed by atoms with E-state index in [0.29, 0.717) is 24.0 Å². The van der Waals surface area contributed by atoms with E-state index >= 15 is 0 Å². The number of rotatable bonds is 7. The number of alkyl halides is 3. The van der Waals surface area contributed by atoms with Gasteiger partial charge >= 0.3 is 12.2 Å². The van der Waals surface area contributed by atoms with Gasteiger partial charge in [0.2, 0.25) is 0 Å². The van der Waals surface area contributed by atoms with Crippen molar-refractivity contribution >= 4 is 17.8 Å². The van der Waals surface area contributed by atoms with Gasteiger partial charge in [-0.2, -0.15) is 13.2 Å². The lowest BCUT2D eigenvalue weighted by Crippen LogP contribution is -2.55. The second kappa shape index (κ2) is 9.02. The van der Waals surface area contributed by atoms with E-state index in [1.165, 1.54) is 12.1 Å². The number of hydrogen-bond acceptors (Lipinski definition) is 3. The maximum Gasteiger partial charge on any atom is 0.416 e. The Hall–Kier alpha value is -3.36. The van der Waals surface area contributed by atoms with Crippen LogP contribution in [0.25, 0.3) is 11.1 Å². The van der Waals surface area contributed by atoms with Crippen LogP contribution in [-0.4, -0.2) is 29.9 Å². The second-order valence-electron chi connectivity index (χ2n) is 8.23. The third kappa shape index (κ3) is 5.09. The molecule has 0 aliphatic carbocycles. The molecule has 1 aliphatic rings. The molecule has 1 heterocycles. The van der Waals surface area contributed by atoms with Crippen molar-refractivity contribution in [2.24, 2.45) is 5.92 Å². The van der Waals surface area contributed by atoms with Crippen LogP contribution in [0.5, 0.6) is 0 Å². The Morgan fingerprint density at radius 3 is 2.28 bits per heavy atom. The van der Waals surface area contributed by atoms with Gasteiger partial charge in [-0.1, -0.05) is 44.2 Å². The zero-order valence-electron chi connectivity index (χ0n) is 17.7. The van der Waals surface area contributed by atoms with E-state index in [2.05, 4.69) is 16.0 Å². The van der Waals surface area contributed by atoms with Gasteiger partial charge in [0.1, 0.15) is 5.54 Å². The topological polar surface area (TPSA) is 87.3 Å². The highest BCUT2D eigenvalue weighted by Crippen LogP contribution is 2.32. The van der Waals surface area contributed by atoms with E-state index in [-0.39, 0.29) is 18.0 Å². The Bertz CT molecular complexity index is 1020. The van der Waals surface area contributed by atoms with Gasteiger partial charge in [0, 0.05) is 5.56 Å². The van der Waals surface area contributed by atoms with E-state index in [1.807, 2.05) is 13.8 Å². The lowest BCUT2D eigenvalue weighted by Gasteiger charge is -2.27. The zero-order chi connectivity index (χ0) is 23.5. The summed E-state index contributed by atoms with van der Waals surface area (Å²) >= 11 is 0. The Balaban J connectivity index is 1.81. The number of amides is 4. The maximum atomic E-state index is 13.0. The number of benzene rings is 2. The van der Waals surface area contributed by atoms with Crippen LogP contribution in [0.2, 0.25) is 0 Å². The quantitative estimate of drug-likeness (QED) is 0.558. The number of urea groups is 1. The lowest BCUT2D eigenvalue weighted by molar-refractivity contribution is -0.137. The fourth-order valence-corrected chi connectivity index (χ4v) is 3.55. The minimum absolute atomic E-state index is 0.114. The summed E-state index contributed by atoms with van der Waals surface area (Å²) in [6.07, 6.45) is -3.44. The largest absolute Gasteiger partial charge is 0.416 e. The molecule has 0 aromatic heterocycles. The summed E-state index contributed by atoms with van der Waals surface area (Å²) in [5.74, 6) is -0.717. The van der Waals surface area contributed by atoms with Crippen molar-refractivity contribution < 1.29 is 27.6 Å². The number of hydrogen-bond donors (Lipinski definition) is 3. The van der Waals surface area contributed by atoms with Gasteiger partial charge in [0.15, 0.2) is 0 Å². The van der Waals surface area contributed by atoms with Gasteiger partial charge in [-0.3, -0.25) is 14.9 Å². The first kappa shape index (κ1) is 23.3. The molecule has 3 rings (SSSR count). The Morgan fingerprint density at radius 2 is 1.72 bits per heavy atom. The highest BCUT2D eigenvalue weighted by molar-refractivity contribution is 6.08. The third-order valence-corrected chi connectivity index (χ3v) is 5.41. The monoisotopic (exact) mass is 447 g/mol.